The highest BCUT2D eigenvalue weighted by Crippen LogP contribution is 2.27. The number of carbonyl (C=O) groups is 1. The molecule has 1 heterocycles. The zero-order valence-corrected chi connectivity index (χ0v) is 12.2. The van der Waals surface area contributed by atoms with Crippen molar-refractivity contribution in [1.82, 2.24) is 10.2 Å². The number of carbonyl (C=O) groups excluding carboxylic acids is 1. The first-order valence-corrected chi connectivity index (χ1v) is 7.89. The van der Waals surface area contributed by atoms with Gasteiger partial charge in [-0.05, 0) is 51.6 Å². The largest absolute Gasteiger partial charge is 0.378 e. The van der Waals surface area contributed by atoms with Gasteiger partial charge in [-0.2, -0.15) is 0 Å². The first kappa shape index (κ1) is 14.8. The minimum absolute atomic E-state index is 0.267. The maximum atomic E-state index is 12.1. The molecule has 1 aliphatic carbocycles. The topological polar surface area (TPSA) is 41.6 Å². The van der Waals surface area contributed by atoms with Crippen molar-refractivity contribution in [2.45, 2.75) is 51.6 Å². The van der Waals surface area contributed by atoms with Crippen LogP contribution in [0.5, 0.6) is 0 Å². The Morgan fingerprint density at radius 1 is 1.26 bits per heavy atom. The molecule has 2 aliphatic rings. The van der Waals surface area contributed by atoms with Gasteiger partial charge >= 0.3 is 0 Å². The van der Waals surface area contributed by atoms with Gasteiger partial charge in [0, 0.05) is 13.1 Å². The Kier molecular flexibility index (Phi) is 6.11. The van der Waals surface area contributed by atoms with Crippen molar-refractivity contribution in [3.8, 4) is 0 Å². The van der Waals surface area contributed by atoms with E-state index in [9.17, 15) is 4.79 Å². The van der Waals surface area contributed by atoms with Gasteiger partial charge in [-0.15, -0.1) is 0 Å². The highest BCUT2D eigenvalue weighted by Gasteiger charge is 2.22. The van der Waals surface area contributed by atoms with Gasteiger partial charge in [-0.3, -0.25) is 4.79 Å². The van der Waals surface area contributed by atoms with E-state index in [1.165, 1.54) is 19.3 Å². The van der Waals surface area contributed by atoms with Crippen LogP contribution in [0.25, 0.3) is 0 Å². The number of hydrogen-bond donors (Lipinski definition) is 1. The van der Waals surface area contributed by atoms with Crippen LogP contribution in [0, 0.1) is 5.92 Å². The molecule has 1 aliphatic heterocycles. The summed E-state index contributed by atoms with van der Waals surface area (Å²) in [6.45, 7) is 6.54. The van der Waals surface area contributed by atoms with Crippen LogP contribution in [0.1, 0.15) is 45.4 Å². The van der Waals surface area contributed by atoms with Crippen molar-refractivity contribution in [2.75, 3.05) is 32.8 Å². The molecule has 1 saturated heterocycles. The Morgan fingerprint density at radius 3 is 2.58 bits per heavy atom. The van der Waals surface area contributed by atoms with Crippen molar-refractivity contribution in [3.05, 3.63) is 0 Å². The molecule has 0 aromatic carbocycles. The van der Waals surface area contributed by atoms with E-state index in [0.29, 0.717) is 19.1 Å². The Labute approximate surface area is 116 Å². The number of amides is 1. The molecule has 0 spiro atoms. The number of hydrogen-bond acceptors (Lipinski definition) is 3. The maximum Gasteiger partial charge on any atom is 0.224 e. The van der Waals surface area contributed by atoms with Gasteiger partial charge < -0.3 is 15.0 Å². The van der Waals surface area contributed by atoms with E-state index >= 15 is 0 Å². The van der Waals surface area contributed by atoms with Gasteiger partial charge in [0.05, 0.1) is 19.1 Å². The second-order valence-electron chi connectivity index (χ2n) is 5.80. The van der Waals surface area contributed by atoms with Crippen molar-refractivity contribution in [1.29, 1.82) is 0 Å². The smallest absolute Gasteiger partial charge is 0.224 e. The minimum atomic E-state index is 0.267. The second kappa shape index (κ2) is 7.85. The number of ether oxygens (including phenoxy) is 1. The summed E-state index contributed by atoms with van der Waals surface area (Å²) in [5, 5.41) is 3.32. The van der Waals surface area contributed by atoms with Crippen LogP contribution in [0.15, 0.2) is 0 Å². The highest BCUT2D eigenvalue weighted by molar-refractivity contribution is 5.76. The van der Waals surface area contributed by atoms with E-state index in [-0.39, 0.29) is 5.91 Å². The Hall–Kier alpha value is -0.610. The molecule has 4 heteroatoms. The molecule has 0 aromatic rings. The summed E-state index contributed by atoms with van der Waals surface area (Å²) in [7, 11) is 0. The summed E-state index contributed by atoms with van der Waals surface area (Å²) in [5.74, 6) is 1.03. The number of nitrogens with one attached hydrogen (secondary N) is 1. The quantitative estimate of drug-likeness (QED) is 0.765. The van der Waals surface area contributed by atoms with E-state index in [2.05, 4.69) is 12.2 Å². The lowest BCUT2D eigenvalue weighted by atomic mass is 9.85. The number of nitrogens with zero attached hydrogens (tertiary/aromatic N) is 1. The molecule has 0 aromatic heterocycles. The molecule has 110 valence electrons. The van der Waals surface area contributed by atoms with E-state index in [0.717, 1.165) is 44.9 Å². The molecule has 0 atom stereocenters. The molecule has 0 bridgehead atoms. The van der Waals surface area contributed by atoms with E-state index < -0.39 is 0 Å². The molecule has 4 nitrogen and oxygen atoms in total. The lowest BCUT2D eigenvalue weighted by Crippen LogP contribution is -2.38. The third-order valence-electron chi connectivity index (χ3n) is 4.39. The van der Waals surface area contributed by atoms with Gasteiger partial charge in [-0.25, -0.2) is 0 Å². The van der Waals surface area contributed by atoms with Crippen LogP contribution >= 0.6 is 0 Å². The van der Waals surface area contributed by atoms with Crippen molar-refractivity contribution < 1.29 is 9.53 Å². The van der Waals surface area contributed by atoms with Gasteiger partial charge in [0.2, 0.25) is 5.91 Å². The average Bonchev–Trinajstić information content (AvgIpc) is 2.39. The fourth-order valence-electron chi connectivity index (χ4n) is 2.83. The first-order valence-electron chi connectivity index (χ1n) is 7.89. The monoisotopic (exact) mass is 268 g/mol. The molecule has 2 rings (SSSR count). The number of rotatable bonds is 7. The van der Waals surface area contributed by atoms with Gasteiger partial charge in [0.1, 0.15) is 0 Å². The van der Waals surface area contributed by atoms with E-state index in [4.69, 9.17) is 4.74 Å². The SMILES string of the molecule is CCN(CC1CCC1)C(=O)CCOC1CCNCC1. The first-order chi connectivity index (χ1) is 9.29. The molecule has 1 saturated carbocycles. The maximum absolute atomic E-state index is 12.1. The van der Waals surface area contributed by atoms with E-state index in [1.807, 2.05) is 4.90 Å². The molecule has 1 amide bonds. The summed E-state index contributed by atoms with van der Waals surface area (Å²) in [6.07, 6.45) is 7.00. The third-order valence-corrected chi connectivity index (χ3v) is 4.39. The van der Waals surface area contributed by atoms with Gasteiger partial charge in [0.15, 0.2) is 0 Å². The number of piperidine rings is 1. The van der Waals surface area contributed by atoms with Crippen LogP contribution < -0.4 is 5.32 Å². The lowest BCUT2D eigenvalue weighted by Gasteiger charge is -2.32. The predicted molar refractivity (Wildman–Crippen MR) is 76.1 cm³/mol. The summed E-state index contributed by atoms with van der Waals surface area (Å²) < 4.78 is 5.81. The fourth-order valence-corrected chi connectivity index (χ4v) is 2.83. The fraction of sp³-hybridized carbons (Fsp3) is 0.933. The third kappa shape index (κ3) is 4.77. The van der Waals surface area contributed by atoms with Crippen LogP contribution in [0.2, 0.25) is 0 Å². The molecular weight excluding hydrogens is 240 g/mol. The zero-order chi connectivity index (χ0) is 13.5. The summed E-state index contributed by atoms with van der Waals surface area (Å²) in [5.41, 5.74) is 0. The Balaban J connectivity index is 1.61. The second-order valence-corrected chi connectivity index (χ2v) is 5.80. The van der Waals surface area contributed by atoms with Crippen LogP contribution in [0.3, 0.4) is 0 Å². The summed E-state index contributed by atoms with van der Waals surface area (Å²) >= 11 is 0. The van der Waals surface area contributed by atoms with Gasteiger partial charge in [0.25, 0.3) is 0 Å². The minimum Gasteiger partial charge on any atom is -0.378 e. The van der Waals surface area contributed by atoms with Crippen molar-refractivity contribution >= 4 is 5.91 Å². The van der Waals surface area contributed by atoms with Crippen molar-refractivity contribution in [3.63, 3.8) is 0 Å². The van der Waals surface area contributed by atoms with Gasteiger partial charge in [-0.1, -0.05) is 6.42 Å². The van der Waals surface area contributed by atoms with Crippen LogP contribution in [-0.4, -0.2) is 49.7 Å². The van der Waals surface area contributed by atoms with Crippen molar-refractivity contribution in [2.24, 2.45) is 5.92 Å². The molecule has 0 radical (unpaired) electrons. The summed E-state index contributed by atoms with van der Waals surface area (Å²) in [4.78, 5) is 14.1. The molecule has 19 heavy (non-hydrogen) atoms. The summed E-state index contributed by atoms with van der Waals surface area (Å²) in [6, 6.07) is 0. The zero-order valence-electron chi connectivity index (χ0n) is 12.2. The standard InChI is InChI=1S/C15H28N2O2/c1-2-17(12-13-4-3-5-13)15(18)8-11-19-14-6-9-16-10-7-14/h13-14,16H,2-12H2,1H3. The normalized spacial score (nSPS) is 21.1. The molecule has 2 fully saturated rings. The average molecular weight is 268 g/mol. The molecule has 0 unspecified atom stereocenters. The van der Waals surface area contributed by atoms with Crippen LogP contribution in [-0.2, 0) is 9.53 Å². The predicted octanol–water partition coefficient (Wildman–Crippen LogP) is 1.79. The van der Waals surface area contributed by atoms with Crippen LogP contribution in [0.4, 0.5) is 0 Å². The van der Waals surface area contributed by atoms with E-state index in [1.54, 1.807) is 0 Å². The molecular formula is C15H28N2O2. The Bertz CT molecular complexity index is 273. The highest BCUT2D eigenvalue weighted by atomic mass is 16.5. The Morgan fingerprint density at radius 2 is 2.00 bits per heavy atom. The lowest BCUT2D eigenvalue weighted by molar-refractivity contribution is -0.133. The molecule has 1 N–H and O–H groups in total.